The van der Waals surface area contributed by atoms with Crippen LogP contribution in [0.3, 0.4) is 0 Å². The fraction of sp³-hybridized carbons (Fsp3) is 0.500. The van der Waals surface area contributed by atoms with E-state index < -0.39 is 44.5 Å². The zero-order valence-electron chi connectivity index (χ0n) is 14.6. The number of imidazole rings is 1. The fourth-order valence-electron chi connectivity index (χ4n) is 2.40. The molecule has 3 heterocycles. The van der Waals surface area contributed by atoms with Crippen LogP contribution in [-0.4, -0.2) is 102 Å². The Morgan fingerprint density at radius 3 is 2.76 bits per heavy atom. The van der Waals surface area contributed by atoms with Gasteiger partial charge >= 0.3 is 45.6 Å². The number of nitrogens with zero attached hydrogens (tertiary/aromatic N) is 3. The Hall–Kier alpha value is -0.600. The number of rotatable bonds is 4. The van der Waals surface area contributed by atoms with Crippen molar-refractivity contribution in [2.75, 3.05) is 12.3 Å². The number of ether oxygens (including phenoxy) is 1. The molecular formula is C10H16CaN5O8P. The number of aromatic nitrogens is 4. The summed E-state index contributed by atoms with van der Waals surface area (Å²) in [6.45, 7) is -0.651. The molecule has 1 aliphatic heterocycles. The summed E-state index contributed by atoms with van der Waals surface area (Å²) in [7, 11) is -4.76. The van der Waals surface area contributed by atoms with Gasteiger partial charge in [-0.15, -0.1) is 0 Å². The molecule has 0 aliphatic carbocycles. The first-order chi connectivity index (χ1) is 11.2. The molecule has 2 aromatic heterocycles. The summed E-state index contributed by atoms with van der Waals surface area (Å²) < 4.78 is 21.6. The van der Waals surface area contributed by atoms with Gasteiger partial charge in [0.2, 0.25) is 5.95 Å². The molecule has 4 atom stereocenters. The van der Waals surface area contributed by atoms with Gasteiger partial charge < -0.3 is 33.3 Å². The summed E-state index contributed by atoms with van der Waals surface area (Å²) in [6.07, 6.45) is -4.22. The van der Waals surface area contributed by atoms with Crippen molar-refractivity contribution in [2.24, 2.45) is 0 Å². The van der Waals surface area contributed by atoms with E-state index in [1.807, 2.05) is 0 Å². The molecule has 1 fully saturated rings. The maximum Gasteiger partial charge on any atom is 2.00 e. The van der Waals surface area contributed by atoms with Crippen molar-refractivity contribution in [3.05, 3.63) is 16.7 Å². The first-order valence-electron chi connectivity index (χ1n) is 6.61. The van der Waals surface area contributed by atoms with Gasteiger partial charge in [0.05, 0.1) is 12.9 Å². The van der Waals surface area contributed by atoms with Gasteiger partial charge in [0.1, 0.15) is 18.3 Å². The summed E-state index contributed by atoms with van der Waals surface area (Å²) in [4.78, 5) is 39.1. The second-order valence-corrected chi connectivity index (χ2v) is 6.35. The van der Waals surface area contributed by atoms with Crippen LogP contribution in [0.5, 0.6) is 0 Å². The number of aromatic amines is 1. The number of phosphoric acid groups is 1. The fourth-order valence-corrected chi connectivity index (χ4v) is 2.74. The van der Waals surface area contributed by atoms with Crippen molar-refractivity contribution in [1.82, 2.24) is 19.5 Å². The molecule has 2 aromatic rings. The van der Waals surface area contributed by atoms with Gasteiger partial charge in [-0.3, -0.25) is 18.9 Å². The van der Waals surface area contributed by atoms with Crippen molar-refractivity contribution in [3.63, 3.8) is 0 Å². The van der Waals surface area contributed by atoms with E-state index in [4.69, 9.17) is 20.3 Å². The van der Waals surface area contributed by atoms with E-state index >= 15 is 0 Å². The Kier molecular flexibility index (Phi) is 6.26. The Morgan fingerprint density at radius 2 is 2.12 bits per heavy atom. The number of nitrogens with two attached hydrogens (primary N) is 1. The number of aliphatic hydroxyl groups is 2. The minimum absolute atomic E-state index is 0. The Labute approximate surface area is 172 Å². The number of nitrogens with one attached hydrogen (secondary N) is 1. The van der Waals surface area contributed by atoms with Crippen LogP contribution in [0.15, 0.2) is 11.1 Å². The third-order valence-electron chi connectivity index (χ3n) is 3.47. The van der Waals surface area contributed by atoms with Crippen LogP contribution < -0.4 is 11.3 Å². The van der Waals surface area contributed by atoms with E-state index in [-0.39, 0.29) is 57.7 Å². The number of H-pyrrole nitrogens is 1. The molecule has 0 spiro atoms. The van der Waals surface area contributed by atoms with Crippen LogP contribution in [-0.2, 0) is 13.8 Å². The monoisotopic (exact) mass is 405 g/mol. The number of phosphoric ester groups is 1. The minimum Gasteiger partial charge on any atom is -1.00 e. The Bertz CT molecular complexity index is 877. The van der Waals surface area contributed by atoms with Gasteiger partial charge in [-0.2, -0.15) is 4.98 Å². The Morgan fingerprint density at radius 1 is 1.44 bits per heavy atom. The van der Waals surface area contributed by atoms with Crippen LogP contribution in [0, 0.1) is 0 Å². The Balaban J connectivity index is 0.00000225. The van der Waals surface area contributed by atoms with Crippen molar-refractivity contribution in [2.45, 2.75) is 24.5 Å². The summed E-state index contributed by atoms with van der Waals surface area (Å²) in [5, 5.41) is 20.1. The molecule has 13 nitrogen and oxygen atoms in total. The van der Waals surface area contributed by atoms with Gasteiger partial charge in [-0.05, 0) is 0 Å². The quantitative estimate of drug-likeness (QED) is 0.227. The molecule has 136 valence electrons. The summed E-state index contributed by atoms with van der Waals surface area (Å²) in [5.41, 5.74) is 4.84. The molecule has 0 aromatic carbocycles. The molecule has 0 radical (unpaired) electrons. The van der Waals surface area contributed by atoms with E-state index in [2.05, 4.69) is 19.5 Å². The summed E-state index contributed by atoms with van der Waals surface area (Å²) in [5.74, 6) is -0.177. The number of aliphatic hydroxyl groups excluding tert-OH is 2. The smallest absolute Gasteiger partial charge is 1.00 e. The van der Waals surface area contributed by atoms with Crippen LogP contribution in [0.4, 0.5) is 5.95 Å². The van der Waals surface area contributed by atoms with Gasteiger partial charge in [0.15, 0.2) is 17.4 Å². The molecule has 0 unspecified atom stereocenters. The zero-order valence-corrected chi connectivity index (χ0v) is 15.7. The predicted molar refractivity (Wildman–Crippen MR) is 84.5 cm³/mol. The van der Waals surface area contributed by atoms with Gasteiger partial charge in [-0.1, -0.05) is 0 Å². The summed E-state index contributed by atoms with van der Waals surface area (Å²) in [6, 6.07) is 0. The first-order valence-corrected chi connectivity index (χ1v) is 8.14. The van der Waals surface area contributed by atoms with Crippen molar-refractivity contribution in [1.29, 1.82) is 0 Å². The normalized spacial score (nSPS) is 26.7. The average Bonchev–Trinajstić information content (AvgIpc) is 3.00. The number of nitrogen functional groups attached to an aromatic ring is 1. The van der Waals surface area contributed by atoms with Crippen LogP contribution >= 0.6 is 7.82 Å². The largest absolute Gasteiger partial charge is 2.00 e. The van der Waals surface area contributed by atoms with Crippen LogP contribution in [0.1, 0.15) is 9.08 Å². The molecule has 1 saturated heterocycles. The second kappa shape index (κ2) is 7.56. The molecule has 0 bridgehead atoms. The topological polar surface area (TPSA) is 206 Å². The van der Waals surface area contributed by atoms with E-state index in [0.29, 0.717) is 0 Å². The maximum absolute atomic E-state index is 11.7. The molecule has 1 aliphatic rings. The van der Waals surface area contributed by atoms with E-state index in [1.54, 1.807) is 0 Å². The van der Waals surface area contributed by atoms with Crippen LogP contribution in [0.25, 0.3) is 11.2 Å². The second-order valence-electron chi connectivity index (χ2n) is 5.11. The van der Waals surface area contributed by atoms with E-state index in [1.165, 1.54) is 10.9 Å². The van der Waals surface area contributed by atoms with Gasteiger partial charge in [0.25, 0.3) is 5.56 Å². The number of fused-ring (bicyclic) bond motifs is 1. The minimum atomic E-state index is -4.76. The molecule has 3 rings (SSSR count). The SMILES string of the molecule is Nc1nc2c(ncn2[C@@H]2O[C@H](COP(=O)(O)O)[C@@H](O)[C@H]2O)c(=O)[nH]1.[Ca+2].[H-].[H-]. The van der Waals surface area contributed by atoms with Crippen LogP contribution in [0.2, 0.25) is 0 Å². The number of anilines is 1. The molecule has 0 amide bonds. The van der Waals surface area contributed by atoms with E-state index in [0.717, 1.165) is 0 Å². The standard InChI is InChI=1S/C10H14N5O8P.Ca.2H/c11-10-13-7-4(8(18)14-10)12-2-15(7)9-6(17)5(16)3(23-9)1-22-24(19,20)21;;;/h2-3,5-6,9,16-17H,1H2,(H2,19,20,21)(H3,11,13,14,18);;;/q;+2;2*-1/t3-,5-,6-,9-;;;/m1.../s1. The number of hydrogen-bond acceptors (Lipinski definition) is 9. The summed E-state index contributed by atoms with van der Waals surface area (Å²) >= 11 is 0. The molecular weight excluding hydrogens is 389 g/mol. The maximum atomic E-state index is 11.7. The van der Waals surface area contributed by atoms with Gasteiger partial charge in [-0.25, -0.2) is 9.55 Å². The molecule has 7 N–H and O–H groups in total. The first kappa shape index (κ1) is 20.7. The third kappa shape index (κ3) is 4.22. The van der Waals surface area contributed by atoms with Gasteiger partial charge in [0, 0.05) is 0 Å². The molecule has 15 heteroatoms. The van der Waals surface area contributed by atoms with E-state index in [9.17, 15) is 19.6 Å². The predicted octanol–water partition coefficient (Wildman–Crippen LogP) is -2.73. The number of hydrogen-bond donors (Lipinski definition) is 6. The average molecular weight is 405 g/mol. The van der Waals surface area contributed by atoms with Crippen molar-refractivity contribution < 1.29 is 36.7 Å². The van der Waals surface area contributed by atoms with Crippen molar-refractivity contribution >= 4 is 62.7 Å². The molecule has 25 heavy (non-hydrogen) atoms. The third-order valence-corrected chi connectivity index (χ3v) is 3.95. The zero-order chi connectivity index (χ0) is 17.6. The molecule has 0 saturated carbocycles. The van der Waals surface area contributed by atoms with Crippen molar-refractivity contribution in [3.8, 4) is 0 Å².